The van der Waals surface area contributed by atoms with Gasteiger partial charge in [-0.3, -0.25) is 14.5 Å². The number of amides is 3. The van der Waals surface area contributed by atoms with Crippen LogP contribution in [0.25, 0.3) is 0 Å². The number of piperazine rings is 1. The van der Waals surface area contributed by atoms with E-state index in [4.69, 9.17) is 9.47 Å². The number of ether oxygens (including phenoxy) is 2. The van der Waals surface area contributed by atoms with Crippen LogP contribution in [0.4, 0.5) is 10.5 Å². The van der Waals surface area contributed by atoms with Crippen LogP contribution in [0.5, 0.6) is 5.75 Å². The molecule has 3 amide bonds. The van der Waals surface area contributed by atoms with Gasteiger partial charge in [-0.25, -0.2) is 9.69 Å². The summed E-state index contributed by atoms with van der Waals surface area (Å²) in [4.78, 5) is 42.1. The van der Waals surface area contributed by atoms with E-state index < -0.39 is 6.04 Å². The number of carbonyl (C=O) groups is 3. The van der Waals surface area contributed by atoms with E-state index in [1.54, 1.807) is 36.1 Å². The van der Waals surface area contributed by atoms with Crippen molar-refractivity contribution in [2.24, 2.45) is 0 Å². The second kappa shape index (κ2) is 9.05. The third kappa shape index (κ3) is 4.27. The number of hydrogen-bond donors (Lipinski definition) is 0. The highest BCUT2D eigenvalue weighted by molar-refractivity contribution is 6.22. The molecule has 2 aliphatic heterocycles. The smallest absolute Gasteiger partial charge is 0.409 e. The first-order valence-electron chi connectivity index (χ1n) is 9.80. The van der Waals surface area contributed by atoms with Gasteiger partial charge in [-0.1, -0.05) is 6.92 Å². The van der Waals surface area contributed by atoms with Crippen LogP contribution >= 0.6 is 0 Å². The van der Waals surface area contributed by atoms with Crippen LogP contribution in [0.15, 0.2) is 24.3 Å². The first kappa shape index (κ1) is 20.1. The fraction of sp³-hybridized carbons (Fsp3) is 0.550. The summed E-state index contributed by atoms with van der Waals surface area (Å²) in [5.41, 5.74) is 0.562. The number of imide groups is 1. The maximum atomic E-state index is 12.9. The Morgan fingerprint density at radius 1 is 1.07 bits per heavy atom. The van der Waals surface area contributed by atoms with E-state index >= 15 is 0 Å². The zero-order valence-electron chi connectivity index (χ0n) is 16.4. The van der Waals surface area contributed by atoms with Gasteiger partial charge < -0.3 is 14.4 Å². The normalized spacial score (nSPS) is 20.6. The van der Waals surface area contributed by atoms with E-state index in [-0.39, 0.29) is 24.3 Å². The van der Waals surface area contributed by atoms with E-state index in [1.807, 2.05) is 11.8 Å². The Kier molecular flexibility index (Phi) is 6.51. The standard InChI is InChI=1S/C20H27N3O5/c1-3-13-28-16-7-5-15(6-8-16)23-18(24)14-17(19(23)25)21-9-11-22(12-10-21)20(26)27-4-2/h5-8,17H,3-4,9-14H2,1-2H3/t17-/m1/s1. The molecule has 0 radical (unpaired) electrons. The highest BCUT2D eigenvalue weighted by Crippen LogP contribution is 2.28. The molecule has 2 heterocycles. The van der Waals surface area contributed by atoms with Gasteiger partial charge in [-0.2, -0.15) is 0 Å². The lowest BCUT2D eigenvalue weighted by Crippen LogP contribution is -2.54. The summed E-state index contributed by atoms with van der Waals surface area (Å²) in [5, 5.41) is 0. The van der Waals surface area contributed by atoms with Crippen molar-refractivity contribution in [3.8, 4) is 5.75 Å². The molecule has 0 bridgehead atoms. The molecule has 8 nitrogen and oxygen atoms in total. The Morgan fingerprint density at radius 2 is 1.75 bits per heavy atom. The number of hydrogen-bond acceptors (Lipinski definition) is 6. The minimum atomic E-state index is -0.479. The maximum Gasteiger partial charge on any atom is 0.409 e. The van der Waals surface area contributed by atoms with Crippen LogP contribution in [-0.2, 0) is 14.3 Å². The molecule has 0 N–H and O–H groups in total. The number of benzene rings is 1. The lowest BCUT2D eigenvalue weighted by atomic mass is 10.2. The molecular formula is C20H27N3O5. The first-order chi connectivity index (χ1) is 13.5. The average Bonchev–Trinajstić information content (AvgIpc) is 3.01. The highest BCUT2D eigenvalue weighted by atomic mass is 16.6. The Hall–Kier alpha value is -2.61. The summed E-state index contributed by atoms with van der Waals surface area (Å²) < 4.78 is 10.6. The Morgan fingerprint density at radius 3 is 2.36 bits per heavy atom. The minimum Gasteiger partial charge on any atom is -0.494 e. The van der Waals surface area contributed by atoms with E-state index in [0.29, 0.717) is 45.1 Å². The summed E-state index contributed by atoms with van der Waals surface area (Å²) in [6, 6.07) is 6.55. The molecule has 28 heavy (non-hydrogen) atoms. The summed E-state index contributed by atoms with van der Waals surface area (Å²) >= 11 is 0. The monoisotopic (exact) mass is 389 g/mol. The third-order valence-corrected chi connectivity index (χ3v) is 4.97. The van der Waals surface area contributed by atoms with Gasteiger partial charge in [0, 0.05) is 26.2 Å². The molecule has 1 aromatic rings. The van der Waals surface area contributed by atoms with Crippen molar-refractivity contribution in [1.29, 1.82) is 0 Å². The van der Waals surface area contributed by atoms with Gasteiger partial charge in [0.1, 0.15) is 5.75 Å². The fourth-order valence-electron chi connectivity index (χ4n) is 3.51. The first-order valence-corrected chi connectivity index (χ1v) is 9.80. The molecule has 2 saturated heterocycles. The Balaban J connectivity index is 1.62. The lowest BCUT2D eigenvalue weighted by molar-refractivity contribution is -0.123. The molecule has 0 saturated carbocycles. The molecule has 0 unspecified atom stereocenters. The van der Waals surface area contributed by atoms with Gasteiger partial charge in [0.2, 0.25) is 5.91 Å². The van der Waals surface area contributed by atoms with Gasteiger partial charge in [0.05, 0.1) is 31.4 Å². The van der Waals surface area contributed by atoms with Gasteiger partial charge in [0.25, 0.3) is 5.91 Å². The van der Waals surface area contributed by atoms with Crippen molar-refractivity contribution in [1.82, 2.24) is 9.80 Å². The van der Waals surface area contributed by atoms with Gasteiger partial charge >= 0.3 is 6.09 Å². The predicted molar refractivity (Wildman–Crippen MR) is 103 cm³/mol. The molecule has 0 spiro atoms. The molecule has 3 rings (SSSR count). The quantitative estimate of drug-likeness (QED) is 0.691. The average molecular weight is 389 g/mol. The highest BCUT2D eigenvalue weighted by Gasteiger charge is 2.43. The van der Waals surface area contributed by atoms with Crippen molar-refractivity contribution >= 4 is 23.6 Å². The third-order valence-electron chi connectivity index (χ3n) is 4.97. The van der Waals surface area contributed by atoms with E-state index in [9.17, 15) is 14.4 Å². The molecule has 8 heteroatoms. The van der Waals surface area contributed by atoms with Crippen molar-refractivity contribution in [3.63, 3.8) is 0 Å². The number of anilines is 1. The zero-order valence-corrected chi connectivity index (χ0v) is 16.4. The van der Waals surface area contributed by atoms with Gasteiger partial charge in [-0.15, -0.1) is 0 Å². The summed E-state index contributed by atoms with van der Waals surface area (Å²) in [6.07, 6.45) is 0.741. The van der Waals surface area contributed by atoms with Crippen molar-refractivity contribution in [3.05, 3.63) is 24.3 Å². The van der Waals surface area contributed by atoms with E-state index in [2.05, 4.69) is 0 Å². The van der Waals surface area contributed by atoms with Crippen LogP contribution in [0.3, 0.4) is 0 Å². The SMILES string of the molecule is CCCOc1ccc(N2C(=O)C[C@@H](N3CCN(C(=O)OCC)CC3)C2=O)cc1. The summed E-state index contributed by atoms with van der Waals surface area (Å²) in [7, 11) is 0. The largest absolute Gasteiger partial charge is 0.494 e. The van der Waals surface area contributed by atoms with Crippen molar-refractivity contribution in [2.75, 3.05) is 44.3 Å². The second-order valence-electron chi connectivity index (χ2n) is 6.85. The number of rotatable bonds is 6. The summed E-state index contributed by atoms with van der Waals surface area (Å²) in [6.45, 7) is 6.82. The van der Waals surface area contributed by atoms with Gasteiger partial charge in [0.15, 0.2) is 0 Å². The zero-order chi connectivity index (χ0) is 20.1. The molecule has 0 aliphatic carbocycles. The van der Waals surface area contributed by atoms with E-state index in [1.165, 1.54) is 4.90 Å². The second-order valence-corrected chi connectivity index (χ2v) is 6.85. The topological polar surface area (TPSA) is 79.4 Å². The number of carbonyl (C=O) groups excluding carboxylic acids is 3. The summed E-state index contributed by atoms with van der Waals surface area (Å²) in [5.74, 6) is 0.304. The predicted octanol–water partition coefficient (Wildman–Crippen LogP) is 1.88. The molecule has 1 atom stereocenters. The molecule has 1 aromatic carbocycles. The van der Waals surface area contributed by atoms with Gasteiger partial charge in [-0.05, 0) is 37.6 Å². The molecular weight excluding hydrogens is 362 g/mol. The lowest BCUT2D eigenvalue weighted by Gasteiger charge is -2.36. The van der Waals surface area contributed by atoms with Crippen molar-refractivity contribution in [2.45, 2.75) is 32.7 Å². The maximum absolute atomic E-state index is 12.9. The van der Waals surface area contributed by atoms with Crippen LogP contribution in [0, 0.1) is 0 Å². The van der Waals surface area contributed by atoms with Crippen molar-refractivity contribution < 1.29 is 23.9 Å². The van der Waals surface area contributed by atoms with Crippen LogP contribution < -0.4 is 9.64 Å². The fourth-order valence-corrected chi connectivity index (χ4v) is 3.51. The Labute approximate surface area is 165 Å². The molecule has 2 aliphatic rings. The minimum absolute atomic E-state index is 0.159. The molecule has 0 aromatic heterocycles. The van der Waals surface area contributed by atoms with Crippen LogP contribution in [0.1, 0.15) is 26.7 Å². The molecule has 152 valence electrons. The van der Waals surface area contributed by atoms with Crippen LogP contribution in [-0.4, -0.2) is 73.1 Å². The number of nitrogens with zero attached hydrogens (tertiary/aromatic N) is 3. The van der Waals surface area contributed by atoms with Crippen LogP contribution in [0.2, 0.25) is 0 Å². The molecule has 2 fully saturated rings. The van der Waals surface area contributed by atoms with E-state index in [0.717, 1.165) is 12.2 Å². The Bertz CT molecular complexity index is 713.